The molecule has 0 bridgehead atoms. The van der Waals surface area contributed by atoms with Crippen molar-refractivity contribution in [2.75, 3.05) is 59.7 Å². The van der Waals surface area contributed by atoms with Gasteiger partial charge in [-0.15, -0.1) is 0 Å². The predicted molar refractivity (Wildman–Crippen MR) is 204 cm³/mol. The summed E-state index contributed by atoms with van der Waals surface area (Å²) in [6, 6.07) is 0.258. The maximum absolute atomic E-state index is 12.3. The number of nitrogens with zero attached hydrogens (tertiary/aromatic N) is 2. The van der Waals surface area contributed by atoms with E-state index in [1.54, 1.807) is 7.11 Å². The van der Waals surface area contributed by atoms with Crippen molar-refractivity contribution in [3.05, 3.63) is 0 Å². The summed E-state index contributed by atoms with van der Waals surface area (Å²) in [5.74, 6) is 1.86. The van der Waals surface area contributed by atoms with Gasteiger partial charge in [-0.1, -0.05) is 34.6 Å². The third-order valence-corrected chi connectivity index (χ3v) is 17.9. The van der Waals surface area contributed by atoms with E-state index in [4.69, 9.17) is 18.9 Å². The second-order valence-corrected chi connectivity index (χ2v) is 20.7. The lowest BCUT2D eigenvalue weighted by Crippen LogP contribution is -2.66. The molecule has 0 radical (unpaired) electrons. The number of morpholine rings is 1. The minimum absolute atomic E-state index is 0.00573. The van der Waals surface area contributed by atoms with Gasteiger partial charge in [-0.05, 0) is 124 Å². The second-order valence-electron chi connectivity index (χ2n) is 20.7. The number of rotatable bonds is 14. The Morgan fingerprint density at radius 1 is 0.943 bits per heavy atom. The van der Waals surface area contributed by atoms with Gasteiger partial charge >= 0.3 is 0 Å². The van der Waals surface area contributed by atoms with Crippen LogP contribution in [0, 0.1) is 50.7 Å². The van der Waals surface area contributed by atoms with Gasteiger partial charge in [0.15, 0.2) is 6.29 Å². The smallest absolute Gasteiger partial charge is 0.170 e. The molecule has 0 aromatic carbocycles. The highest BCUT2D eigenvalue weighted by molar-refractivity contribution is 5.31. The highest BCUT2D eigenvalue weighted by Gasteiger charge is 2.83. The molecule has 0 amide bonds. The first-order valence-electron chi connectivity index (χ1n) is 21.5. The van der Waals surface area contributed by atoms with E-state index in [2.05, 4.69) is 44.4 Å². The first-order valence-corrected chi connectivity index (χ1v) is 21.5. The van der Waals surface area contributed by atoms with Gasteiger partial charge in [0.05, 0.1) is 49.8 Å². The fourth-order valence-electron chi connectivity index (χ4n) is 14.9. The molecule has 0 aromatic heterocycles. The Morgan fingerprint density at radius 2 is 1.62 bits per heavy atom. The topological polar surface area (TPSA) is 124 Å². The predicted octanol–water partition coefficient (Wildman–Crippen LogP) is 4.69. The van der Waals surface area contributed by atoms with E-state index < -0.39 is 11.7 Å². The normalized spacial score (nSPS) is 44.7. The SMILES string of the molecule is CCO[C@@H](C(C[C@@H](C)[C@H]1C[C@H](O)[C@@]2(C)C3CC[C@H]4C(C)(C)[C@@H](O[C@H]5CN(C6CN(C(CO)CO)C6)CCO5)CC[C@@]45C[C@@]35CC[C@]12C)OC)C(C)(C)O. The van der Waals surface area contributed by atoms with Crippen molar-refractivity contribution in [2.45, 2.75) is 162 Å². The zero-order valence-electron chi connectivity index (χ0n) is 34.7. The first kappa shape index (κ1) is 40.8. The number of hydrogen-bond acceptors (Lipinski definition) is 10. The summed E-state index contributed by atoms with van der Waals surface area (Å²) in [6.45, 7) is 22.6. The molecule has 2 heterocycles. The lowest BCUT2D eigenvalue weighted by atomic mass is 9.41. The fraction of sp³-hybridized carbons (Fsp3) is 1.00. The van der Waals surface area contributed by atoms with Crippen LogP contribution < -0.4 is 0 Å². The van der Waals surface area contributed by atoms with E-state index in [0.717, 1.165) is 45.4 Å². The van der Waals surface area contributed by atoms with E-state index in [9.17, 15) is 20.4 Å². The molecule has 2 unspecified atom stereocenters. The Balaban J connectivity index is 1.02. The van der Waals surface area contributed by atoms with Crippen LogP contribution in [0.25, 0.3) is 0 Å². The highest BCUT2D eigenvalue weighted by atomic mass is 16.7. The number of ether oxygens (including phenoxy) is 4. The maximum Gasteiger partial charge on any atom is 0.170 e. The van der Waals surface area contributed by atoms with Gasteiger partial charge in [-0.3, -0.25) is 9.80 Å². The van der Waals surface area contributed by atoms with Crippen LogP contribution >= 0.6 is 0 Å². The fourth-order valence-corrected chi connectivity index (χ4v) is 14.9. The molecule has 53 heavy (non-hydrogen) atoms. The number of likely N-dealkylation sites (tertiary alicyclic amines) is 1. The number of methoxy groups -OCH3 is 1. The zero-order chi connectivity index (χ0) is 38.4. The lowest BCUT2D eigenvalue weighted by Gasteiger charge is -2.64. The standard InChI is InChI=1S/C43H76N2O8/c1-10-51-37(39(5,6)49)31(50-9)19-27(2)30-20-34(48)41(8)33-12-11-32-38(3,4)35(13-14-42(32)26-43(33,42)16-15-40(30,41)7)53-36-23-44(17-18-52-36)28-21-45(22-28)29(24-46)25-47/h27-37,46-49H,10-26H2,1-9H3/t27-,30-,31?,32+,33?,34+,35+,36+,37+,40-,41-,42-,43+/m1/s1. The van der Waals surface area contributed by atoms with Gasteiger partial charge in [0.25, 0.3) is 0 Å². The molecule has 2 saturated heterocycles. The molecule has 2 spiro atoms. The quantitative estimate of drug-likeness (QED) is 0.199. The molecule has 7 aliphatic rings. The van der Waals surface area contributed by atoms with Crippen molar-refractivity contribution in [1.82, 2.24) is 9.80 Å². The van der Waals surface area contributed by atoms with Gasteiger partial charge in [-0.25, -0.2) is 0 Å². The number of fused-ring (bicyclic) bond motifs is 2. The Hall–Kier alpha value is -0.400. The molecule has 5 saturated carbocycles. The first-order chi connectivity index (χ1) is 25.0. The molecular formula is C43H76N2O8. The summed E-state index contributed by atoms with van der Waals surface area (Å²) in [6.07, 6.45) is 9.09. The minimum Gasteiger partial charge on any atom is -0.395 e. The molecular weight excluding hydrogens is 672 g/mol. The van der Waals surface area contributed by atoms with E-state index in [1.807, 2.05) is 20.8 Å². The van der Waals surface area contributed by atoms with Crippen molar-refractivity contribution < 1.29 is 39.4 Å². The van der Waals surface area contributed by atoms with Crippen LogP contribution in [0.4, 0.5) is 0 Å². The molecule has 2 aliphatic heterocycles. The lowest BCUT2D eigenvalue weighted by molar-refractivity contribution is -0.254. The summed E-state index contributed by atoms with van der Waals surface area (Å²) >= 11 is 0. The van der Waals surface area contributed by atoms with E-state index >= 15 is 0 Å². The Morgan fingerprint density at radius 3 is 2.26 bits per heavy atom. The highest BCUT2D eigenvalue weighted by Crippen LogP contribution is 2.89. The van der Waals surface area contributed by atoms with Gasteiger partial charge in [0.1, 0.15) is 6.10 Å². The molecule has 10 heteroatoms. The Labute approximate surface area is 320 Å². The molecule has 7 rings (SSSR count). The molecule has 10 nitrogen and oxygen atoms in total. The third kappa shape index (κ3) is 6.24. The van der Waals surface area contributed by atoms with Gasteiger partial charge in [0, 0.05) is 51.4 Å². The van der Waals surface area contributed by atoms with Crippen molar-refractivity contribution in [2.24, 2.45) is 50.7 Å². The largest absolute Gasteiger partial charge is 0.395 e. The molecule has 306 valence electrons. The average molecular weight is 749 g/mol. The Bertz CT molecular complexity index is 1290. The van der Waals surface area contributed by atoms with Crippen molar-refractivity contribution >= 4 is 0 Å². The molecule has 4 N–H and O–H groups in total. The minimum atomic E-state index is -1.01. The number of aliphatic hydroxyl groups is 4. The van der Waals surface area contributed by atoms with Gasteiger partial charge in [0.2, 0.25) is 0 Å². The van der Waals surface area contributed by atoms with Crippen LogP contribution in [0.1, 0.15) is 113 Å². The maximum atomic E-state index is 12.3. The summed E-state index contributed by atoms with van der Waals surface area (Å²) in [5, 5.41) is 42.5. The summed E-state index contributed by atoms with van der Waals surface area (Å²) < 4.78 is 25.4. The monoisotopic (exact) mass is 749 g/mol. The van der Waals surface area contributed by atoms with Crippen LogP contribution in [0.5, 0.6) is 0 Å². The van der Waals surface area contributed by atoms with Crippen molar-refractivity contribution in [1.29, 1.82) is 0 Å². The Kier molecular flexibility index (Phi) is 11.1. The van der Waals surface area contributed by atoms with Crippen molar-refractivity contribution in [3.63, 3.8) is 0 Å². The average Bonchev–Trinajstić information content (AvgIpc) is 3.71. The molecule has 5 aliphatic carbocycles. The van der Waals surface area contributed by atoms with E-state index in [1.165, 1.54) is 38.5 Å². The third-order valence-electron chi connectivity index (χ3n) is 17.9. The second kappa shape index (κ2) is 14.5. The van der Waals surface area contributed by atoms with E-state index in [-0.39, 0.29) is 60.1 Å². The van der Waals surface area contributed by atoms with Gasteiger partial charge in [-0.2, -0.15) is 0 Å². The van der Waals surface area contributed by atoms with Gasteiger partial charge < -0.3 is 39.4 Å². The molecule has 0 aromatic rings. The number of hydrogen-bond donors (Lipinski definition) is 4. The van der Waals surface area contributed by atoms with Crippen molar-refractivity contribution in [3.8, 4) is 0 Å². The summed E-state index contributed by atoms with van der Waals surface area (Å²) in [4.78, 5) is 4.67. The summed E-state index contributed by atoms with van der Waals surface area (Å²) in [5.41, 5.74) is -0.388. The van der Waals surface area contributed by atoms with Crippen LogP contribution in [0.15, 0.2) is 0 Å². The zero-order valence-corrected chi connectivity index (χ0v) is 34.7. The van der Waals surface area contributed by atoms with E-state index in [0.29, 0.717) is 53.8 Å². The van der Waals surface area contributed by atoms with Crippen LogP contribution in [0.3, 0.4) is 0 Å². The number of aliphatic hydroxyl groups excluding tert-OH is 3. The van der Waals surface area contributed by atoms with Crippen LogP contribution in [-0.2, 0) is 18.9 Å². The molecule has 7 fully saturated rings. The van der Waals surface area contributed by atoms with Crippen LogP contribution in [0.2, 0.25) is 0 Å². The van der Waals surface area contributed by atoms with Crippen LogP contribution in [-0.4, -0.2) is 138 Å². The molecule has 13 atom stereocenters. The summed E-state index contributed by atoms with van der Waals surface area (Å²) in [7, 11) is 1.75.